The van der Waals surface area contributed by atoms with Crippen molar-refractivity contribution in [3.8, 4) is 27.6 Å². The lowest BCUT2D eigenvalue weighted by Crippen LogP contribution is -2.39. The third-order valence-electron chi connectivity index (χ3n) is 6.02. The van der Waals surface area contributed by atoms with Crippen LogP contribution in [0, 0.1) is 19.7 Å². The van der Waals surface area contributed by atoms with Crippen molar-refractivity contribution in [3.63, 3.8) is 0 Å². The lowest BCUT2D eigenvalue weighted by atomic mass is 10.1. The van der Waals surface area contributed by atoms with Gasteiger partial charge < -0.3 is 14.4 Å². The second-order valence-corrected chi connectivity index (χ2v) is 9.42. The lowest BCUT2D eigenvalue weighted by molar-refractivity contribution is -0.137. The Hall–Kier alpha value is -4.51. The second kappa shape index (κ2) is 9.17. The number of aromatic nitrogens is 4. The van der Waals surface area contributed by atoms with E-state index in [9.17, 15) is 23.9 Å². The highest BCUT2D eigenvalue weighted by atomic mass is 32.1. The molecule has 188 valence electrons. The Morgan fingerprint density at radius 1 is 1.14 bits per heavy atom. The molecular formula is C26H21FN4O5S. The molecule has 11 heteroatoms. The number of carboxylic acid groups (broad SMARTS) is 1. The Bertz CT molecular complexity index is 1800. The number of ether oxygens (including phenoxy) is 1. The van der Waals surface area contributed by atoms with Gasteiger partial charge in [-0.3, -0.25) is 14.2 Å². The van der Waals surface area contributed by atoms with Gasteiger partial charge in [0.05, 0.1) is 35.9 Å². The zero-order valence-corrected chi connectivity index (χ0v) is 20.9. The quantitative estimate of drug-likeness (QED) is 0.364. The largest absolute Gasteiger partial charge is 0.495 e. The number of thiophene rings is 1. The molecule has 0 unspecified atom stereocenters. The van der Waals surface area contributed by atoms with E-state index in [0.717, 1.165) is 49.5 Å². The number of benzene rings is 2. The number of aliphatic carboxylic acids is 1. The molecule has 0 radical (unpaired) electrons. The number of carbonyl (C=O) groups is 1. The van der Waals surface area contributed by atoms with Crippen LogP contribution in [0.5, 0.6) is 5.75 Å². The molecule has 0 saturated heterocycles. The van der Waals surface area contributed by atoms with Crippen LogP contribution in [0.3, 0.4) is 0 Å². The fourth-order valence-corrected chi connectivity index (χ4v) is 5.59. The summed E-state index contributed by atoms with van der Waals surface area (Å²) in [5.74, 6) is -1.19. The van der Waals surface area contributed by atoms with E-state index in [1.54, 1.807) is 20.4 Å². The van der Waals surface area contributed by atoms with E-state index in [2.05, 4.69) is 4.98 Å². The number of aryl methyl sites for hydroxylation is 2. The summed E-state index contributed by atoms with van der Waals surface area (Å²) in [4.78, 5) is 43.7. The number of methoxy groups -OCH3 is 1. The first-order valence-electron chi connectivity index (χ1n) is 11.2. The van der Waals surface area contributed by atoms with Crippen LogP contribution >= 0.6 is 11.3 Å². The molecule has 0 fully saturated rings. The van der Waals surface area contributed by atoms with E-state index in [-0.39, 0.29) is 15.9 Å². The standard InChI is InChI=1S/C26H21FN4O5S/c1-14-11-29(13-28-14)19-9-4-16(10-20(19)36-3)23-15(2)22-24(34)31(18-7-5-17(27)6-8-18)26(35)30(12-21(32)33)25(22)37-23/h4-11,13H,12H2,1-3H3,(H,32,33). The van der Waals surface area contributed by atoms with Gasteiger partial charge in [0.2, 0.25) is 0 Å². The van der Waals surface area contributed by atoms with Crippen LogP contribution in [0.2, 0.25) is 0 Å². The summed E-state index contributed by atoms with van der Waals surface area (Å²) in [5, 5.41) is 9.72. The average molecular weight is 521 g/mol. The SMILES string of the molecule is COc1cc(-c2sc3c(c2C)c(=O)n(-c2ccc(F)cc2)c(=O)n3CC(=O)O)ccc1-n1cnc(C)c1. The Balaban J connectivity index is 1.77. The molecule has 3 aromatic heterocycles. The molecule has 0 aliphatic heterocycles. The van der Waals surface area contributed by atoms with Crippen LogP contribution < -0.4 is 16.0 Å². The maximum atomic E-state index is 13.6. The molecule has 0 atom stereocenters. The van der Waals surface area contributed by atoms with Crippen molar-refractivity contribution in [3.05, 3.63) is 92.9 Å². The zero-order valence-electron chi connectivity index (χ0n) is 20.1. The van der Waals surface area contributed by atoms with Crippen molar-refractivity contribution in [2.45, 2.75) is 20.4 Å². The molecule has 5 aromatic rings. The van der Waals surface area contributed by atoms with Crippen LogP contribution in [-0.2, 0) is 11.3 Å². The molecule has 0 aliphatic rings. The van der Waals surface area contributed by atoms with Crippen molar-refractivity contribution >= 4 is 27.5 Å². The van der Waals surface area contributed by atoms with E-state index in [1.165, 1.54) is 12.1 Å². The monoisotopic (exact) mass is 520 g/mol. The minimum Gasteiger partial charge on any atom is -0.495 e. The van der Waals surface area contributed by atoms with Gasteiger partial charge in [-0.15, -0.1) is 11.3 Å². The van der Waals surface area contributed by atoms with Crippen molar-refractivity contribution in [1.29, 1.82) is 0 Å². The number of hydrogen-bond donors (Lipinski definition) is 1. The first-order chi connectivity index (χ1) is 17.7. The van der Waals surface area contributed by atoms with Crippen molar-refractivity contribution in [1.82, 2.24) is 18.7 Å². The van der Waals surface area contributed by atoms with Crippen LogP contribution in [0.1, 0.15) is 11.3 Å². The van der Waals surface area contributed by atoms with E-state index in [0.29, 0.717) is 16.2 Å². The second-order valence-electron chi connectivity index (χ2n) is 8.42. The van der Waals surface area contributed by atoms with Crippen LogP contribution in [-0.4, -0.2) is 36.9 Å². The molecule has 5 rings (SSSR count). The first kappa shape index (κ1) is 24.2. The summed E-state index contributed by atoms with van der Waals surface area (Å²) in [5.41, 5.74) is 1.67. The van der Waals surface area contributed by atoms with Gasteiger partial charge in [-0.05, 0) is 61.4 Å². The fourth-order valence-electron chi connectivity index (χ4n) is 4.30. The molecule has 0 aliphatic carbocycles. The van der Waals surface area contributed by atoms with Gasteiger partial charge in [-0.2, -0.15) is 0 Å². The number of rotatable bonds is 6. The normalized spacial score (nSPS) is 11.2. The van der Waals surface area contributed by atoms with Crippen molar-refractivity contribution in [2.75, 3.05) is 7.11 Å². The van der Waals surface area contributed by atoms with Gasteiger partial charge in [0.1, 0.15) is 22.9 Å². The molecule has 0 amide bonds. The average Bonchev–Trinajstić information content (AvgIpc) is 3.45. The minimum absolute atomic E-state index is 0.145. The van der Waals surface area contributed by atoms with Gasteiger partial charge in [-0.25, -0.2) is 18.7 Å². The lowest BCUT2D eigenvalue weighted by Gasteiger charge is -2.11. The summed E-state index contributed by atoms with van der Waals surface area (Å²) in [6.45, 7) is 2.99. The Morgan fingerprint density at radius 2 is 1.86 bits per heavy atom. The predicted octanol–water partition coefficient (Wildman–Crippen LogP) is 3.92. The zero-order chi connectivity index (χ0) is 26.4. The molecule has 37 heavy (non-hydrogen) atoms. The van der Waals surface area contributed by atoms with E-state index in [4.69, 9.17) is 4.74 Å². The van der Waals surface area contributed by atoms with Gasteiger partial charge in [0, 0.05) is 11.1 Å². The molecule has 2 aromatic carbocycles. The van der Waals surface area contributed by atoms with E-state index >= 15 is 0 Å². The molecule has 0 spiro atoms. The number of fused-ring (bicyclic) bond motifs is 1. The van der Waals surface area contributed by atoms with Gasteiger partial charge in [-0.1, -0.05) is 6.07 Å². The van der Waals surface area contributed by atoms with Crippen LogP contribution in [0.25, 0.3) is 32.0 Å². The maximum absolute atomic E-state index is 13.6. The highest BCUT2D eigenvalue weighted by Crippen LogP contribution is 2.39. The summed E-state index contributed by atoms with van der Waals surface area (Å²) in [6.07, 6.45) is 3.55. The molecule has 0 saturated carbocycles. The minimum atomic E-state index is -1.23. The molecule has 9 nitrogen and oxygen atoms in total. The highest BCUT2D eigenvalue weighted by molar-refractivity contribution is 7.22. The Kier molecular flexibility index (Phi) is 6.00. The molecule has 0 bridgehead atoms. The summed E-state index contributed by atoms with van der Waals surface area (Å²) in [7, 11) is 1.55. The smallest absolute Gasteiger partial charge is 0.337 e. The molecular weight excluding hydrogens is 499 g/mol. The van der Waals surface area contributed by atoms with E-state index in [1.807, 2.05) is 35.9 Å². The van der Waals surface area contributed by atoms with Gasteiger partial charge in [0.15, 0.2) is 0 Å². The maximum Gasteiger partial charge on any atom is 0.337 e. The molecule has 1 N–H and O–H groups in total. The van der Waals surface area contributed by atoms with E-state index < -0.39 is 29.6 Å². The topological polar surface area (TPSA) is 108 Å². The van der Waals surface area contributed by atoms with Gasteiger partial charge in [0.25, 0.3) is 5.56 Å². The summed E-state index contributed by atoms with van der Waals surface area (Å²) < 4.78 is 22.9. The third-order valence-corrected chi connectivity index (χ3v) is 7.39. The summed E-state index contributed by atoms with van der Waals surface area (Å²) >= 11 is 1.16. The van der Waals surface area contributed by atoms with Gasteiger partial charge >= 0.3 is 11.7 Å². The fraction of sp³-hybridized carbons (Fsp3) is 0.154. The predicted molar refractivity (Wildman–Crippen MR) is 138 cm³/mol. The number of nitrogens with zero attached hydrogens (tertiary/aromatic N) is 4. The highest BCUT2D eigenvalue weighted by Gasteiger charge is 2.23. The first-order valence-corrected chi connectivity index (χ1v) is 12.0. The Morgan fingerprint density at radius 3 is 2.49 bits per heavy atom. The molecule has 3 heterocycles. The van der Waals surface area contributed by atoms with Crippen LogP contribution in [0.4, 0.5) is 4.39 Å². The number of halogens is 1. The van der Waals surface area contributed by atoms with Crippen molar-refractivity contribution in [2.24, 2.45) is 0 Å². The summed E-state index contributed by atoms with van der Waals surface area (Å²) in [6, 6.07) is 10.4. The van der Waals surface area contributed by atoms with Crippen LogP contribution in [0.15, 0.2) is 64.6 Å². The third kappa shape index (κ3) is 4.12. The van der Waals surface area contributed by atoms with Crippen molar-refractivity contribution < 1.29 is 19.0 Å². The number of hydrogen-bond acceptors (Lipinski definition) is 6. The number of imidazole rings is 1. The number of carboxylic acids is 1. The Labute approximate surface area is 213 Å².